The number of nitrogens with zero attached hydrogens (tertiary/aromatic N) is 3. The van der Waals surface area contributed by atoms with Crippen LogP contribution in [0.15, 0.2) is 42.5 Å². The smallest absolute Gasteiger partial charge is 0.253 e. The molecule has 0 saturated carbocycles. The van der Waals surface area contributed by atoms with Crippen LogP contribution >= 0.6 is 0 Å². The largest absolute Gasteiger partial charge is 0.362 e. The van der Waals surface area contributed by atoms with Gasteiger partial charge in [0.2, 0.25) is 0 Å². The van der Waals surface area contributed by atoms with Gasteiger partial charge in [-0.25, -0.2) is 4.39 Å². The van der Waals surface area contributed by atoms with Gasteiger partial charge in [0.15, 0.2) is 0 Å². The molecule has 1 atom stereocenters. The first-order valence-corrected chi connectivity index (χ1v) is 8.88. The normalized spacial score (nSPS) is 23.8. The summed E-state index contributed by atoms with van der Waals surface area (Å²) in [6.07, 6.45) is 0.845. The van der Waals surface area contributed by atoms with Crippen LogP contribution in [0, 0.1) is 12.7 Å². The van der Waals surface area contributed by atoms with E-state index in [2.05, 4.69) is 9.88 Å². The molecule has 1 aromatic carbocycles. The molecule has 26 heavy (non-hydrogen) atoms. The third-order valence-electron chi connectivity index (χ3n) is 5.10. The maximum Gasteiger partial charge on any atom is 0.253 e. The van der Waals surface area contributed by atoms with Gasteiger partial charge in [0, 0.05) is 31.0 Å². The molecule has 2 saturated heterocycles. The second-order valence-electron chi connectivity index (χ2n) is 7.16. The van der Waals surface area contributed by atoms with Crippen molar-refractivity contribution in [1.82, 2.24) is 9.88 Å². The summed E-state index contributed by atoms with van der Waals surface area (Å²) in [7, 11) is 0. The molecule has 4 rings (SSSR count). The Balaban J connectivity index is 1.48. The zero-order valence-electron chi connectivity index (χ0n) is 14.8. The zero-order valence-corrected chi connectivity index (χ0v) is 14.8. The van der Waals surface area contributed by atoms with Gasteiger partial charge in [-0.05, 0) is 43.7 Å². The van der Waals surface area contributed by atoms with Crippen LogP contribution < -0.4 is 4.90 Å². The highest BCUT2D eigenvalue weighted by Gasteiger charge is 2.45. The lowest BCUT2D eigenvalue weighted by Gasteiger charge is -2.40. The Morgan fingerprint density at radius 1 is 1.23 bits per heavy atom. The molecule has 0 aliphatic carbocycles. The van der Waals surface area contributed by atoms with Crippen LogP contribution in [0.1, 0.15) is 17.8 Å². The molecule has 1 aromatic heterocycles. The molecule has 5 nitrogen and oxygen atoms in total. The molecule has 1 spiro atoms. The lowest BCUT2D eigenvalue weighted by molar-refractivity contribution is -0.137. The first-order valence-electron chi connectivity index (χ1n) is 8.88. The fraction of sp³-hybridized carbons (Fsp3) is 0.400. The van der Waals surface area contributed by atoms with Crippen LogP contribution in [-0.4, -0.2) is 47.6 Å². The molecule has 2 aliphatic rings. The second-order valence-corrected chi connectivity index (χ2v) is 7.16. The summed E-state index contributed by atoms with van der Waals surface area (Å²) in [5.41, 5.74) is 2.24. The van der Waals surface area contributed by atoms with Crippen LogP contribution in [-0.2, 0) is 16.1 Å². The Labute approximate surface area is 152 Å². The second kappa shape index (κ2) is 6.78. The predicted molar refractivity (Wildman–Crippen MR) is 96.3 cm³/mol. The van der Waals surface area contributed by atoms with Gasteiger partial charge >= 0.3 is 0 Å². The summed E-state index contributed by atoms with van der Waals surface area (Å²) in [6, 6.07) is 12.2. The van der Waals surface area contributed by atoms with Gasteiger partial charge in [-0.2, -0.15) is 0 Å². The van der Waals surface area contributed by atoms with Gasteiger partial charge in [-0.3, -0.25) is 14.7 Å². The Hall–Kier alpha value is -2.31. The van der Waals surface area contributed by atoms with E-state index in [4.69, 9.17) is 4.74 Å². The van der Waals surface area contributed by atoms with Gasteiger partial charge in [-0.1, -0.05) is 12.1 Å². The number of aryl methyl sites for hydroxylation is 1. The average molecular weight is 355 g/mol. The maximum absolute atomic E-state index is 13.6. The quantitative estimate of drug-likeness (QED) is 0.849. The highest BCUT2D eigenvalue weighted by Crippen LogP contribution is 2.32. The SMILES string of the molecule is Cc1cccc(CN2CCC3(C2)CN(c2cccc(F)c2)C(=O)CO3)n1. The first-order chi connectivity index (χ1) is 12.5. The van der Waals surface area contributed by atoms with Crippen molar-refractivity contribution in [1.29, 1.82) is 0 Å². The number of amides is 1. The summed E-state index contributed by atoms with van der Waals surface area (Å²) in [5, 5.41) is 0. The monoisotopic (exact) mass is 355 g/mol. The van der Waals surface area contributed by atoms with E-state index < -0.39 is 5.60 Å². The van der Waals surface area contributed by atoms with Crippen LogP contribution in [0.5, 0.6) is 0 Å². The number of aromatic nitrogens is 1. The van der Waals surface area contributed by atoms with Crippen molar-refractivity contribution in [2.75, 3.05) is 31.1 Å². The van der Waals surface area contributed by atoms with E-state index in [0.29, 0.717) is 12.2 Å². The number of halogens is 1. The standard InChI is InChI=1S/C20H22FN3O2/c1-15-4-2-6-17(22-15)11-23-9-8-20(13-23)14-24(19(25)12-26-20)18-7-3-5-16(21)10-18/h2-7,10H,8-9,11-14H2,1H3. The molecule has 0 radical (unpaired) electrons. The minimum Gasteiger partial charge on any atom is -0.362 e. The molecule has 0 bridgehead atoms. The third-order valence-corrected chi connectivity index (χ3v) is 5.10. The lowest BCUT2D eigenvalue weighted by atomic mass is 10.00. The first kappa shape index (κ1) is 17.1. The molecule has 2 fully saturated rings. The van der Waals surface area contributed by atoms with Gasteiger partial charge in [0.1, 0.15) is 18.0 Å². The number of benzene rings is 1. The Morgan fingerprint density at radius 2 is 2.08 bits per heavy atom. The molecule has 2 aromatic rings. The van der Waals surface area contributed by atoms with Gasteiger partial charge < -0.3 is 9.64 Å². The Bertz CT molecular complexity index is 828. The van der Waals surface area contributed by atoms with Gasteiger partial charge in [-0.15, -0.1) is 0 Å². The average Bonchev–Trinajstić information content (AvgIpc) is 3.00. The van der Waals surface area contributed by atoms with E-state index in [1.165, 1.54) is 12.1 Å². The van der Waals surface area contributed by atoms with Crippen molar-refractivity contribution in [3.63, 3.8) is 0 Å². The highest BCUT2D eigenvalue weighted by atomic mass is 19.1. The molecule has 3 heterocycles. The number of ether oxygens (including phenoxy) is 1. The summed E-state index contributed by atoms with van der Waals surface area (Å²) < 4.78 is 19.5. The number of hydrogen-bond donors (Lipinski definition) is 0. The lowest BCUT2D eigenvalue weighted by Crippen LogP contribution is -2.56. The van der Waals surface area contributed by atoms with Crippen molar-refractivity contribution < 1.29 is 13.9 Å². The van der Waals surface area contributed by atoms with E-state index in [-0.39, 0.29) is 18.3 Å². The Morgan fingerprint density at radius 3 is 2.88 bits per heavy atom. The Kier molecular flexibility index (Phi) is 4.46. The fourth-order valence-corrected chi connectivity index (χ4v) is 3.82. The van der Waals surface area contributed by atoms with Crippen LogP contribution in [0.25, 0.3) is 0 Å². The number of carbonyl (C=O) groups is 1. The highest BCUT2D eigenvalue weighted by molar-refractivity contribution is 5.95. The van der Waals surface area contributed by atoms with Crippen LogP contribution in [0.2, 0.25) is 0 Å². The maximum atomic E-state index is 13.6. The molecule has 136 valence electrons. The van der Waals surface area contributed by atoms with E-state index in [0.717, 1.165) is 37.4 Å². The molecular weight excluding hydrogens is 333 g/mol. The van der Waals surface area contributed by atoms with E-state index in [9.17, 15) is 9.18 Å². The summed E-state index contributed by atoms with van der Waals surface area (Å²) >= 11 is 0. The van der Waals surface area contributed by atoms with Crippen molar-refractivity contribution in [2.24, 2.45) is 0 Å². The third kappa shape index (κ3) is 3.48. The zero-order chi connectivity index (χ0) is 18.1. The summed E-state index contributed by atoms with van der Waals surface area (Å²) in [4.78, 5) is 20.8. The van der Waals surface area contributed by atoms with Gasteiger partial charge in [0.25, 0.3) is 5.91 Å². The van der Waals surface area contributed by atoms with Crippen LogP contribution in [0.3, 0.4) is 0 Å². The number of anilines is 1. The number of carbonyl (C=O) groups excluding carboxylic acids is 1. The summed E-state index contributed by atoms with van der Waals surface area (Å²) in [6.45, 7) is 4.87. The van der Waals surface area contributed by atoms with Crippen molar-refractivity contribution in [2.45, 2.75) is 25.5 Å². The molecule has 1 amide bonds. The minimum atomic E-state index is -0.399. The number of hydrogen-bond acceptors (Lipinski definition) is 4. The van der Waals surface area contributed by atoms with Crippen molar-refractivity contribution in [3.05, 3.63) is 59.7 Å². The molecule has 2 aliphatic heterocycles. The van der Waals surface area contributed by atoms with Gasteiger partial charge in [0.05, 0.1) is 12.2 Å². The van der Waals surface area contributed by atoms with Crippen LogP contribution in [0.4, 0.5) is 10.1 Å². The summed E-state index contributed by atoms with van der Waals surface area (Å²) in [5.74, 6) is -0.463. The number of pyridine rings is 1. The molecule has 6 heteroatoms. The van der Waals surface area contributed by atoms with Crippen molar-refractivity contribution >= 4 is 11.6 Å². The van der Waals surface area contributed by atoms with E-state index >= 15 is 0 Å². The predicted octanol–water partition coefficient (Wildman–Crippen LogP) is 2.54. The molecular formula is C20H22FN3O2. The fourth-order valence-electron chi connectivity index (χ4n) is 3.82. The molecule has 1 unspecified atom stereocenters. The number of likely N-dealkylation sites (tertiary alicyclic amines) is 1. The van der Waals surface area contributed by atoms with E-state index in [1.807, 2.05) is 25.1 Å². The topological polar surface area (TPSA) is 45.7 Å². The minimum absolute atomic E-state index is 0.0348. The number of morpholine rings is 1. The van der Waals surface area contributed by atoms with E-state index in [1.54, 1.807) is 17.0 Å². The van der Waals surface area contributed by atoms with Crippen molar-refractivity contribution in [3.8, 4) is 0 Å². The molecule has 0 N–H and O–H groups in total. The number of rotatable bonds is 3.